The van der Waals surface area contributed by atoms with E-state index < -0.39 is 5.91 Å². The van der Waals surface area contributed by atoms with Crippen molar-refractivity contribution in [3.8, 4) is 0 Å². The minimum Gasteiger partial charge on any atom is -0.382 e. The van der Waals surface area contributed by atoms with Gasteiger partial charge in [0.1, 0.15) is 6.33 Å². The third kappa shape index (κ3) is 5.09. The molecule has 8 nitrogen and oxygen atoms in total. The molecule has 2 heterocycles. The number of hydrogen-bond donors (Lipinski definition) is 2. The fraction of sp³-hybridized carbons (Fsp3) is 0.765. The van der Waals surface area contributed by atoms with Crippen molar-refractivity contribution in [3.63, 3.8) is 0 Å². The molecule has 1 aromatic rings. The lowest BCUT2D eigenvalue weighted by molar-refractivity contribution is 0.000650. The van der Waals surface area contributed by atoms with E-state index >= 15 is 0 Å². The van der Waals surface area contributed by atoms with Gasteiger partial charge in [-0.15, -0.1) is 0 Å². The Morgan fingerprint density at radius 3 is 2.64 bits per heavy atom. The van der Waals surface area contributed by atoms with Gasteiger partial charge in [-0.3, -0.25) is 4.79 Å². The highest BCUT2D eigenvalue weighted by atomic mass is 16.5. The fourth-order valence-electron chi connectivity index (χ4n) is 2.97. The maximum Gasteiger partial charge on any atom is 0.271 e. The summed E-state index contributed by atoms with van der Waals surface area (Å²) in [5, 5.41) is 2.04. The molecule has 1 amide bonds. The topological polar surface area (TPSA) is 109 Å². The Morgan fingerprint density at radius 1 is 1.28 bits per heavy atom. The Labute approximate surface area is 149 Å². The number of rotatable bonds is 11. The van der Waals surface area contributed by atoms with E-state index in [1.165, 1.54) is 0 Å². The normalized spacial score (nSPS) is 20.3. The van der Waals surface area contributed by atoms with E-state index in [1.54, 1.807) is 11.0 Å². The van der Waals surface area contributed by atoms with Crippen molar-refractivity contribution in [1.82, 2.24) is 9.66 Å². The van der Waals surface area contributed by atoms with Gasteiger partial charge in [0.25, 0.3) is 5.91 Å². The van der Waals surface area contributed by atoms with Gasteiger partial charge >= 0.3 is 0 Å². The highest BCUT2D eigenvalue weighted by molar-refractivity contribution is 5.95. The molecule has 0 aromatic carbocycles. The molecule has 0 bridgehead atoms. The van der Waals surface area contributed by atoms with Gasteiger partial charge in [-0.05, 0) is 12.8 Å². The molecular weight excluding hydrogens is 322 g/mol. The van der Waals surface area contributed by atoms with E-state index in [0.29, 0.717) is 13.2 Å². The number of nitrogens with two attached hydrogens (primary N) is 2. The molecule has 1 unspecified atom stereocenters. The number of carbonyl (C=O) groups excluding carboxylic acids is 1. The Hall–Kier alpha value is -1.80. The van der Waals surface area contributed by atoms with Crippen molar-refractivity contribution in [1.29, 1.82) is 0 Å². The summed E-state index contributed by atoms with van der Waals surface area (Å²) in [6, 6.07) is 0. The second-order valence-electron chi connectivity index (χ2n) is 6.51. The predicted molar refractivity (Wildman–Crippen MR) is 97.0 cm³/mol. The lowest BCUT2D eigenvalue weighted by Crippen LogP contribution is -2.34. The van der Waals surface area contributed by atoms with E-state index in [1.807, 2.05) is 5.01 Å². The van der Waals surface area contributed by atoms with Gasteiger partial charge in [0.15, 0.2) is 11.5 Å². The molecule has 0 saturated carbocycles. The first-order valence-electron chi connectivity index (χ1n) is 9.15. The van der Waals surface area contributed by atoms with Crippen LogP contribution in [-0.2, 0) is 9.47 Å². The molecule has 1 fully saturated rings. The largest absolute Gasteiger partial charge is 0.382 e. The monoisotopic (exact) mass is 353 g/mol. The summed E-state index contributed by atoms with van der Waals surface area (Å²) >= 11 is 0. The summed E-state index contributed by atoms with van der Waals surface area (Å²) in [6.45, 7) is 7.89. The fourth-order valence-corrected chi connectivity index (χ4v) is 2.97. The van der Waals surface area contributed by atoms with Crippen LogP contribution >= 0.6 is 0 Å². The van der Waals surface area contributed by atoms with Crippen LogP contribution in [0.2, 0.25) is 0 Å². The zero-order valence-electron chi connectivity index (χ0n) is 15.3. The smallest absolute Gasteiger partial charge is 0.271 e. The second-order valence-corrected chi connectivity index (χ2v) is 6.51. The number of unbranched alkanes of at least 4 members (excludes halogenated alkanes) is 2. The molecular formula is C17H31N5O3. The molecule has 142 valence electrons. The maximum absolute atomic E-state index is 11.4. The van der Waals surface area contributed by atoms with Crippen LogP contribution in [0.1, 0.15) is 50.0 Å². The summed E-state index contributed by atoms with van der Waals surface area (Å²) in [6.07, 6.45) is 5.94. The minimum absolute atomic E-state index is 0.0759. The number of ether oxygens (including phenoxy) is 2. The van der Waals surface area contributed by atoms with Gasteiger partial charge in [-0.2, -0.15) is 0 Å². The first-order chi connectivity index (χ1) is 12.1. The maximum atomic E-state index is 11.4. The molecule has 0 aliphatic carbocycles. The quantitative estimate of drug-likeness (QED) is 0.577. The number of amides is 1. The van der Waals surface area contributed by atoms with Gasteiger partial charge in [-0.25, -0.2) is 9.66 Å². The molecule has 2 rings (SSSR count). The Kier molecular flexibility index (Phi) is 7.52. The Balaban J connectivity index is 2.01. The summed E-state index contributed by atoms with van der Waals surface area (Å²) in [4.78, 5) is 15.4. The number of nitrogen functional groups attached to an aromatic ring is 1. The van der Waals surface area contributed by atoms with E-state index in [4.69, 9.17) is 20.9 Å². The average molecular weight is 353 g/mol. The standard InChI is InChI=1S/C17H31N5O3/c1-3-5-7-24-11-13-9-21(10-14(13)25-8-6-4-2)22-12-20-15(16(22)18)17(19)23/h12-14H,3-11,18H2,1-2H3,(H2,19,23)/t13-,14?/m1/s1. The molecule has 1 aliphatic heterocycles. The van der Waals surface area contributed by atoms with E-state index in [9.17, 15) is 4.79 Å². The van der Waals surface area contributed by atoms with Crippen molar-refractivity contribution in [2.75, 3.05) is 43.7 Å². The zero-order valence-corrected chi connectivity index (χ0v) is 15.3. The Bertz CT molecular complexity index is 548. The molecule has 1 aliphatic rings. The number of nitrogens with zero attached hydrogens (tertiary/aromatic N) is 3. The number of anilines is 1. The molecule has 4 N–H and O–H groups in total. The van der Waals surface area contributed by atoms with E-state index in [-0.39, 0.29) is 23.5 Å². The van der Waals surface area contributed by atoms with Crippen molar-refractivity contribution in [2.24, 2.45) is 11.7 Å². The van der Waals surface area contributed by atoms with Crippen LogP contribution in [0.5, 0.6) is 0 Å². The second kappa shape index (κ2) is 9.62. The van der Waals surface area contributed by atoms with Crippen LogP contribution in [0.4, 0.5) is 5.82 Å². The SMILES string of the molecule is CCCCOC[C@H]1CN(n2cnc(C(N)=O)c2N)CC1OCCCC. The molecule has 0 spiro atoms. The number of hydrogen-bond acceptors (Lipinski definition) is 6. The number of carbonyl (C=O) groups is 1. The van der Waals surface area contributed by atoms with Crippen molar-refractivity contribution in [3.05, 3.63) is 12.0 Å². The van der Waals surface area contributed by atoms with Crippen LogP contribution in [-0.4, -0.2) is 54.6 Å². The van der Waals surface area contributed by atoms with Gasteiger partial charge in [0, 0.05) is 25.7 Å². The zero-order chi connectivity index (χ0) is 18.2. The third-order valence-corrected chi connectivity index (χ3v) is 4.49. The van der Waals surface area contributed by atoms with Crippen molar-refractivity contribution in [2.45, 2.75) is 45.6 Å². The van der Waals surface area contributed by atoms with E-state index in [2.05, 4.69) is 18.8 Å². The molecule has 8 heteroatoms. The molecule has 25 heavy (non-hydrogen) atoms. The average Bonchev–Trinajstić information content (AvgIpc) is 3.15. The summed E-state index contributed by atoms with van der Waals surface area (Å²) < 4.78 is 13.6. The summed E-state index contributed by atoms with van der Waals surface area (Å²) in [5.41, 5.74) is 11.4. The van der Waals surface area contributed by atoms with Crippen LogP contribution < -0.4 is 16.5 Å². The Morgan fingerprint density at radius 2 is 2.00 bits per heavy atom. The van der Waals surface area contributed by atoms with Crippen LogP contribution in [0.3, 0.4) is 0 Å². The predicted octanol–water partition coefficient (Wildman–Crippen LogP) is 1.13. The molecule has 2 atom stereocenters. The first kappa shape index (κ1) is 19.5. The van der Waals surface area contributed by atoms with E-state index in [0.717, 1.165) is 45.4 Å². The van der Waals surface area contributed by atoms with Gasteiger partial charge < -0.3 is 25.9 Å². The number of primary amides is 1. The highest BCUT2D eigenvalue weighted by Crippen LogP contribution is 2.22. The van der Waals surface area contributed by atoms with Crippen molar-refractivity contribution >= 4 is 11.7 Å². The van der Waals surface area contributed by atoms with Gasteiger partial charge in [0.05, 0.1) is 19.3 Å². The van der Waals surface area contributed by atoms with Crippen molar-refractivity contribution < 1.29 is 14.3 Å². The van der Waals surface area contributed by atoms with Gasteiger partial charge in [0.2, 0.25) is 0 Å². The minimum atomic E-state index is -0.620. The third-order valence-electron chi connectivity index (χ3n) is 4.49. The van der Waals surface area contributed by atoms with Crippen LogP contribution in [0, 0.1) is 5.92 Å². The first-order valence-corrected chi connectivity index (χ1v) is 9.15. The van der Waals surface area contributed by atoms with Crippen LogP contribution in [0.25, 0.3) is 0 Å². The lowest BCUT2D eigenvalue weighted by atomic mass is 10.1. The van der Waals surface area contributed by atoms with Gasteiger partial charge in [-0.1, -0.05) is 26.7 Å². The number of aromatic nitrogens is 2. The molecule has 1 saturated heterocycles. The number of imidazole rings is 1. The molecule has 0 radical (unpaired) electrons. The molecule has 1 aromatic heterocycles. The summed E-state index contributed by atoms with van der Waals surface area (Å²) in [7, 11) is 0. The van der Waals surface area contributed by atoms with Crippen LogP contribution in [0.15, 0.2) is 6.33 Å². The highest BCUT2D eigenvalue weighted by Gasteiger charge is 2.35. The lowest BCUT2D eigenvalue weighted by Gasteiger charge is -2.20. The summed E-state index contributed by atoms with van der Waals surface area (Å²) in [5.74, 6) is -0.0921.